The van der Waals surface area contributed by atoms with Crippen molar-refractivity contribution in [1.82, 2.24) is 9.97 Å². The van der Waals surface area contributed by atoms with Crippen molar-refractivity contribution in [2.45, 2.75) is 32.8 Å². The number of rotatable bonds is 9. The van der Waals surface area contributed by atoms with E-state index in [1.807, 2.05) is 37.3 Å². The second kappa shape index (κ2) is 9.30. The van der Waals surface area contributed by atoms with Crippen molar-refractivity contribution in [3.8, 4) is 17.2 Å². The first-order valence-electron chi connectivity index (χ1n) is 9.95. The molecule has 1 N–H and O–H groups in total. The Morgan fingerprint density at radius 2 is 1.90 bits per heavy atom. The number of carboxylic acids is 1. The molecule has 2 aromatic heterocycles. The zero-order valence-corrected chi connectivity index (χ0v) is 17.1. The molecule has 0 aliphatic carbocycles. The minimum absolute atomic E-state index is 0.0429. The number of hydrogen-bond donors (Lipinski definition) is 1. The Bertz CT molecular complexity index is 1160. The van der Waals surface area contributed by atoms with Gasteiger partial charge in [-0.1, -0.05) is 30.3 Å². The van der Waals surface area contributed by atoms with Crippen molar-refractivity contribution < 1.29 is 23.5 Å². The fourth-order valence-corrected chi connectivity index (χ4v) is 3.20. The Kier molecular flexibility index (Phi) is 6.12. The van der Waals surface area contributed by atoms with Gasteiger partial charge in [-0.15, -0.1) is 0 Å². The van der Waals surface area contributed by atoms with Crippen molar-refractivity contribution in [2.24, 2.45) is 0 Å². The van der Waals surface area contributed by atoms with Gasteiger partial charge in [0, 0.05) is 18.4 Å². The Hall–Kier alpha value is -3.87. The van der Waals surface area contributed by atoms with Crippen molar-refractivity contribution in [1.29, 1.82) is 0 Å². The van der Waals surface area contributed by atoms with Crippen LogP contribution in [-0.2, 0) is 30.7 Å². The number of aryl methyl sites for hydroxylation is 3. The van der Waals surface area contributed by atoms with Crippen LogP contribution in [0.15, 0.2) is 69.7 Å². The summed E-state index contributed by atoms with van der Waals surface area (Å²) in [6.45, 7) is 2.14. The van der Waals surface area contributed by atoms with Crippen molar-refractivity contribution in [3.05, 3.63) is 89.5 Å². The number of benzene rings is 2. The Balaban J connectivity index is 1.33. The first kappa shape index (κ1) is 20.4. The smallest absolute Gasteiger partial charge is 0.307 e. The molecule has 0 unspecified atom stereocenters. The topological polar surface area (TPSA) is 98.6 Å². The van der Waals surface area contributed by atoms with E-state index in [0.717, 1.165) is 17.0 Å². The molecule has 0 atom stereocenters. The van der Waals surface area contributed by atoms with Crippen LogP contribution in [0.5, 0.6) is 5.75 Å². The third kappa shape index (κ3) is 5.39. The van der Waals surface area contributed by atoms with Crippen LogP contribution < -0.4 is 4.74 Å². The van der Waals surface area contributed by atoms with E-state index in [1.54, 1.807) is 30.5 Å². The Labute approximate surface area is 179 Å². The van der Waals surface area contributed by atoms with Gasteiger partial charge in [-0.2, -0.15) is 0 Å². The lowest BCUT2D eigenvalue weighted by molar-refractivity contribution is -0.136. The maximum absolute atomic E-state index is 10.8. The van der Waals surface area contributed by atoms with Gasteiger partial charge in [-0.25, -0.2) is 9.97 Å². The molecule has 31 heavy (non-hydrogen) atoms. The molecule has 0 spiro atoms. The van der Waals surface area contributed by atoms with Gasteiger partial charge in [-0.05, 0) is 36.8 Å². The molecule has 4 rings (SSSR count). The highest BCUT2D eigenvalue weighted by Gasteiger charge is 2.13. The number of aromatic nitrogens is 2. The van der Waals surface area contributed by atoms with Crippen LogP contribution in [0.3, 0.4) is 0 Å². The maximum Gasteiger partial charge on any atom is 0.307 e. The predicted octanol–water partition coefficient (Wildman–Crippen LogP) is 4.63. The zero-order chi connectivity index (χ0) is 21.6. The molecule has 0 fully saturated rings. The molecule has 7 heteroatoms. The Morgan fingerprint density at radius 3 is 2.71 bits per heavy atom. The first-order valence-corrected chi connectivity index (χ1v) is 9.95. The minimum Gasteiger partial charge on any atom is -0.487 e. The number of hydrogen-bond acceptors (Lipinski definition) is 6. The molecule has 0 amide bonds. The number of nitrogens with zero attached hydrogens (tertiary/aromatic N) is 2. The van der Waals surface area contributed by atoms with E-state index in [1.165, 1.54) is 0 Å². The van der Waals surface area contributed by atoms with Gasteiger partial charge < -0.3 is 18.7 Å². The zero-order valence-electron chi connectivity index (χ0n) is 17.1. The number of ether oxygens (including phenoxy) is 1. The average molecular weight is 418 g/mol. The highest BCUT2D eigenvalue weighted by Crippen LogP contribution is 2.22. The molecular weight excluding hydrogens is 396 g/mol. The van der Waals surface area contributed by atoms with Gasteiger partial charge in [-0.3, -0.25) is 4.79 Å². The van der Waals surface area contributed by atoms with Crippen LogP contribution in [-0.4, -0.2) is 21.0 Å². The van der Waals surface area contributed by atoms with Gasteiger partial charge in [0.15, 0.2) is 5.89 Å². The van der Waals surface area contributed by atoms with Gasteiger partial charge in [0.25, 0.3) is 0 Å². The lowest BCUT2D eigenvalue weighted by atomic mass is 10.1. The lowest BCUT2D eigenvalue weighted by Crippen LogP contribution is -2.01. The molecular formula is C24H22N2O5. The standard InChI is InChI=1S/C24H22N2O5/c1-16-21(26-24(31-16)18-7-3-2-4-8-18)10-11-22-25-19(15-30-22)14-29-20-9-5-6-17(12-20)13-23(27)28/h2-9,12,15H,10-11,13-14H2,1H3,(H,27,28). The highest BCUT2D eigenvalue weighted by molar-refractivity contribution is 5.70. The molecule has 4 aromatic rings. The molecule has 0 saturated carbocycles. The van der Waals surface area contributed by atoms with Crippen molar-refractivity contribution >= 4 is 5.97 Å². The molecule has 158 valence electrons. The predicted molar refractivity (Wildman–Crippen MR) is 113 cm³/mol. The summed E-state index contributed by atoms with van der Waals surface area (Å²) in [5.74, 6) is 1.71. The second-order valence-corrected chi connectivity index (χ2v) is 7.13. The molecule has 0 radical (unpaired) electrons. The van der Waals surface area contributed by atoms with E-state index in [2.05, 4.69) is 9.97 Å². The summed E-state index contributed by atoms with van der Waals surface area (Å²) in [7, 11) is 0. The van der Waals surface area contributed by atoms with E-state index < -0.39 is 5.97 Å². The highest BCUT2D eigenvalue weighted by atomic mass is 16.5. The summed E-state index contributed by atoms with van der Waals surface area (Å²) >= 11 is 0. The second-order valence-electron chi connectivity index (χ2n) is 7.13. The van der Waals surface area contributed by atoms with Crippen LogP contribution in [0, 0.1) is 6.92 Å². The summed E-state index contributed by atoms with van der Waals surface area (Å²) in [5, 5.41) is 8.90. The summed E-state index contributed by atoms with van der Waals surface area (Å²) in [4.78, 5) is 19.9. The molecule has 2 aromatic carbocycles. The third-order valence-electron chi connectivity index (χ3n) is 4.73. The lowest BCUT2D eigenvalue weighted by Gasteiger charge is -2.05. The largest absolute Gasteiger partial charge is 0.487 e. The monoisotopic (exact) mass is 418 g/mol. The fourth-order valence-electron chi connectivity index (χ4n) is 3.20. The van der Waals surface area contributed by atoms with Crippen LogP contribution in [0.1, 0.15) is 28.6 Å². The van der Waals surface area contributed by atoms with Crippen LogP contribution >= 0.6 is 0 Å². The minimum atomic E-state index is -0.878. The first-order chi connectivity index (χ1) is 15.1. The van der Waals surface area contributed by atoms with E-state index in [-0.39, 0.29) is 13.0 Å². The molecule has 2 heterocycles. The molecule has 0 saturated heterocycles. The van der Waals surface area contributed by atoms with Gasteiger partial charge in [0.1, 0.15) is 30.1 Å². The number of aliphatic carboxylic acids is 1. The summed E-state index contributed by atoms with van der Waals surface area (Å²) in [5.41, 5.74) is 3.18. The van der Waals surface area contributed by atoms with Gasteiger partial charge >= 0.3 is 5.97 Å². The van der Waals surface area contributed by atoms with Gasteiger partial charge in [0.05, 0.1) is 12.1 Å². The SMILES string of the molecule is Cc1oc(-c2ccccc2)nc1CCc1nc(COc2cccc(CC(=O)O)c2)co1. The molecule has 0 aliphatic heterocycles. The summed E-state index contributed by atoms with van der Waals surface area (Å²) < 4.78 is 17.1. The number of carbonyl (C=O) groups is 1. The molecule has 0 bridgehead atoms. The fraction of sp³-hybridized carbons (Fsp3) is 0.208. The summed E-state index contributed by atoms with van der Waals surface area (Å²) in [6.07, 6.45) is 2.77. The number of carboxylic acid groups (broad SMARTS) is 1. The normalized spacial score (nSPS) is 10.9. The maximum atomic E-state index is 10.8. The van der Waals surface area contributed by atoms with Gasteiger partial charge in [0.2, 0.25) is 5.89 Å². The summed E-state index contributed by atoms with van der Waals surface area (Å²) in [6, 6.07) is 16.8. The van der Waals surface area contributed by atoms with E-state index in [4.69, 9.17) is 18.7 Å². The van der Waals surface area contributed by atoms with Crippen molar-refractivity contribution in [2.75, 3.05) is 0 Å². The quantitative estimate of drug-likeness (QED) is 0.423. The number of oxazole rings is 2. The van der Waals surface area contributed by atoms with E-state index in [0.29, 0.717) is 41.6 Å². The van der Waals surface area contributed by atoms with Crippen LogP contribution in [0.4, 0.5) is 0 Å². The van der Waals surface area contributed by atoms with E-state index >= 15 is 0 Å². The van der Waals surface area contributed by atoms with Crippen molar-refractivity contribution in [3.63, 3.8) is 0 Å². The Morgan fingerprint density at radius 1 is 1.06 bits per heavy atom. The third-order valence-corrected chi connectivity index (χ3v) is 4.73. The average Bonchev–Trinajstić information content (AvgIpc) is 3.37. The van der Waals surface area contributed by atoms with Crippen LogP contribution in [0.25, 0.3) is 11.5 Å². The molecule has 0 aliphatic rings. The van der Waals surface area contributed by atoms with Crippen LogP contribution in [0.2, 0.25) is 0 Å². The molecule has 7 nitrogen and oxygen atoms in total. The van der Waals surface area contributed by atoms with E-state index in [9.17, 15) is 4.79 Å².